The van der Waals surface area contributed by atoms with Crippen LogP contribution in [-0.4, -0.2) is 35.9 Å². The maximum atomic E-state index is 12.6. The fourth-order valence-corrected chi connectivity index (χ4v) is 2.37. The Morgan fingerprint density at radius 1 is 1.48 bits per heavy atom. The molecule has 1 N–H and O–H groups in total. The number of nitro groups is 1. The lowest BCUT2D eigenvalue weighted by molar-refractivity contribution is -0.383. The van der Waals surface area contributed by atoms with Crippen LogP contribution in [0.2, 0.25) is 0 Å². The van der Waals surface area contributed by atoms with E-state index < -0.39 is 4.92 Å². The third-order valence-electron chi connectivity index (χ3n) is 3.67. The van der Waals surface area contributed by atoms with Gasteiger partial charge in [-0.15, -0.1) is 0 Å². The van der Waals surface area contributed by atoms with Crippen molar-refractivity contribution in [2.75, 3.05) is 25.5 Å². The molecule has 0 unspecified atom stereocenters. The van der Waals surface area contributed by atoms with E-state index in [2.05, 4.69) is 5.32 Å². The van der Waals surface area contributed by atoms with Crippen LogP contribution in [0, 0.1) is 16.0 Å². The van der Waals surface area contributed by atoms with Crippen molar-refractivity contribution in [3.8, 4) is 0 Å². The molecular formula is C15H21N3O3. The first-order chi connectivity index (χ1) is 10.1. The maximum absolute atomic E-state index is 12.6. The number of hydrogen-bond acceptors (Lipinski definition) is 4. The van der Waals surface area contributed by atoms with Crippen molar-refractivity contribution >= 4 is 17.3 Å². The predicted octanol–water partition coefficient (Wildman–Crippen LogP) is 2.90. The number of benzene rings is 1. The fraction of sp³-hybridized carbons (Fsp3) is 0.533. The largest absolute Gasteiger partial charge is 0.383 e. The number of nitrogens with zero attached hydrogens (tertiary/aromatic N) is 2. The third kappa shape index (κ3) is 3.71. The topological polar surface area (TPSA) is 75.5 Å². The summed E-state index contributed by atoms with van der Waals surface area (Å²) < 4.78 is 0. The lowest BCUT2D eigenvalue weighted by Gasteiger charge is -2.22. The van der Waals surface area contributed by atoms with E-state index in [1.165, 1.54) is 25.0 Å². The minimum atomic E-state index is -0.450. The Bertz CT molecular complexity index is 541. The van der Waals surface area contributed by atoms with Gasteiger partial charge in [-0.1, -0.05) is 6.92 Å². The van der Waals surface area contributed by atoms with E-state index in [1.54, 1.807) is 13.1 Å². The van der Waals surface area contributed by atoms with Crippen molar-refractivity contribution in [1.82, 2.24) is 4.90 Å². The Morgan fingerprint density at radius 2 is 2.19 bits per heavy atom. The molecule has 6 heteroatoms. The zero-order valence-corrected chi connectivity index (χ0v) is 12.5. The number of carbonyl (C=O) groups excluding carboxylic acids is 1. The van der Waals surface area contributed by atoms with E-state index in [-0.39, 0.29) is 11.6 Å². The van der Waals surface area contributed by atoms with Crippen LogP contribution >= 0.6 is 0 Å². The Morgan fingerprint density at radius 3 is 2.71 bits per heavy atom. The summed E-state index contributed by atoms with van der Waals surface area (Å²) in [5, 5.41) is 13.7. The molecule has 0 saturated heterocycles. The summed E-state index contributed by atoms with van der Waals surface area (Å²) in [6, 6.07) is 4.49. The van der Waals surface area contributed by atoms with Crippen LogP contribution in [0.25, 0.3) is 0 Å². The lowest BCUT2D eigenvalue weighted by atomic mass is 10.1. The van der Waals surface area contributed by atoms with Crippen molar-refractivity contribution in [3.63, 3.8) is 0 Å². The highest BCUT2D eigenvalue weighted by Crippen LogP contribution is 2.31. The number of anilines is 1. The molecular weight excluding hydrogens is 270 g/mol. The van der Waals surface area contributed by atoms with Gasteiger partial charge in [-0.2, -0.15) is 0 Å². The van der Waals surface area contributed by atoms with Gasteiger partial charge in [-0.25, -0.2) is 0 Å². The summed E-state index contributed by atoms with van der Waals surface area (Å²) in [6.07, 6.45) is 3.29. The Hall–Kier alpha value is -2.11. The minimum absolute atomic E-state index is 0.0155. The number of carbonyl (C=O) groups is 1. The quantitative estimate of drug-likeness (QED) is 0.619. The first kappa shape index (κ1) is 15.3. The van der Waals surface area contributed by atoms with Gasteiger partial charge in [0.05, 0.1) is 4.92 Å². The maximum Gasteiger partial charge on any atom is 0.292 e. The van der Waals surface area contributed by atoms with E-state index in [0.717, 1.165) is 19.5 Å². The molecule has 1 aliphatic rings. The third-order valence-corrected chi connectivity index (χ3v) is 3.67. The highest BCUT2D eigenvalue weighted by atomic mass is 16.6. The Kier molecular flexibility index (Phi) is 4.77. The second-order valence-corrected chi connectivity index (χ2v) is 5.43. The summed E-state index contributed by atoms with van der Waals surface area (Å²) in [5.41, 5.74) is 0.853. The lowest BCUT2D eigenvalue weighted by Crippen LogP contribution is -2.33. The molecule has 2 rings (SSSR count). The van der Waals surface area contributed by atoms with Crippen molar-refractivity contribution in [1.29, 1.82) is 0 Å². The molecule has 6 nitrogen and oxygen atoms in total. The summed E-state index contributed by atoms with van der Waals surface area (Å²) >= 11 is 0. The number of nitro benzene ring substituents is 1. The summed E-state index contributed by atoms with van der Waals surface area (Å²) in [5.74, 6) is 0.581. The molecule has 1 amide bonds. The molecule has 1 aromatic rings. The van der Waals surface area contributed by atoms with E-state index in [1.807, 2.05) is 11.8 Å². The van der Waals surface area contributed by atoms with Gasteiger partial charge in [0, 0.05) is 31.8 Å². The molecule has 1 fully saturated rings. The van der Waals surface area contributed by atoms with Crippen molar-refractivity contribution in [2.24, 2.45) is 5.92 Å². The van der Waals surface area contributed by atoms with Gasteiger partial charge in [0.15, 0.2) is 0 Å². The first-order valence-corrected chi connectivity index (χ1v) is 7.32. The molecule has 0 heterocycles. The standard InChI is InChI=1S/C15H21N3O3/c1-3-8-17(10-11-4-5-11)15(19)12-6-7-14(18(20)21)13(9-12)16-2/h6-7,9,11,16H,3-5,8,10H2,1-2H3. The number of rotatable bonds is 7. The van der Waals surface area contributed by atoms with Gasteiger partial charge < -0.3 is 10.2 Å². The van der Waals surface area contributed by atoms with Gasteiger partial charge in [-0.05, 0) is 37.3 Å². The molecule has 1 aromatic carbocycles. The molecule has 0 aliphatic heterocycles. The van der Waals surface area contributed by atoms with E-state index in [0.29, 0.717) is 17.2 Å². The molecule has 0 atom stereocenters. The van der Waals surface area contributed by atoms with Gasteiger partial charge >= 0.3 is 0 Å². The van der Waals surface area contributed by atoms with Crippen LogP contribution in [0.15, 0.2) is 18.2 Å². The predicted molar refractivity (Wildman–Crippen MR) is 81.6 cm³/mol. The van der Waals surface area contributed by atoms with E-state index >= 15 is 0 Å². The van der Waals surface area contributed by atoms with Crippen LogP contribution in [0.3, 0.4) is 0 Å². The van der Waals surface area contributed by atoms with Gasteiger partial charge in [0.1, 0.15) is 5.69 Å². The highest BCUT2D eigenvalue weighted by Gasteiger charge is 2.27. The fourth-order valence-electron chi connectivity index (χ4n) is 2.37. The van der Waals surface area contributed by atoms with Crippen LogP contribution in [-0.2, 0) is 0 Å². The van der Waals surface area contributed by atoms with Crippen molar-refractivity contribution < 1.29 is 9.72 Å². The number of hydrogen-bond donors (Lipinski definition) is 1. The number of amides is 1. The van der Waals surface area contributed by atoms with Crippen LogP contribution < -0.4 is 5.32 Å². The number of nitrogens with one attached hydrogen (secondary N) is 1. The average molecular weight is 291 g/mol. The molecule has 0 aromatic heterocycles. The molecule has 114 valence electrons. The average Bonchev–Trinajstić information content (AvgIpc) is 3.29. The normalized spacial score (nSPS) is 13.8. The van der Waals surface area contributed by atoms with Gasteiger partial charge in [0.2, 0.25) is 0 Å². The first-order valence-electron chi connectivity index (χ1n) is 7.32. The molecule has 0 radical (unpaired) electrons. The van der Waals surface area contributed by atoms with Crippen LogP contribution in [0.4, 0.5) is 11.4 Å². The molecule has 0 spiro atoms. The molecule has 1 saturated carbocycles. The van der Waals surface area contributed by atoms with Crippen molar-refractivity contribution in [3.05, 3.63) is 33.9 Å². The monoisotopic (exact) mass is 291 g/mol. The second-order valence-electron chi connectivity index (χ2n) is 5.43. The summed E-state index contributed by atoms with van der Waals surface area (Å²) in [7, 11) is 1.62. The van der Waals surface area contributed by atoms with Crippen LogP contribution in [0.1, 0.15) is 36.5 Å². The molecule has 1 aliphatic carbocycles. The summed E-state index contributed by atoms with van der Waals surface area (Å²) in [6.45, 7) is 3.56. The second kappa shape index (κ2) is 6.56. The van der Waals surface area contributed by atoms with E-state index in [9.17, 15) is 14.9 Å². The SMILES string of the molecule is CCCN(CC1CC1)C(=O)c1ccc([N+](=O)[O-])c(NC)c1. The minimum Gasteiger partial charge on any atom is -0.383 e. The smallest absolute Gasteiger partial charge is 0.292 e. The molecule has 0 bridgehead atoms. The Labute approximate surface area is 124 Å². The van der Waals surface area contributed by atoms with Crippen molar-refractivity contribution in [2.45, 2.75) is 26.2 Å². The molecule has 21 heavy (non-hydrogen) atoms. The summed E-state index contributed by atoms with van der Waals surface area (Å²) in [4.78, 5) is 24.9. The van der Waals surface area contributed by atoms with Gasteiger partial charge in [0.25, 0.3) is 11.6 Å². The zero-order chi connectivity index (χ0) is 15.4. The Balaban J connectivity index is 2.21. The highest BCUT2D eigenvalue weighted by molar-refractivity contribution is 5.96. The zero-order valence-electron chi connectivity index (χ0n) is 12.5. The van der Waals surface area contributed by atoms with Crippen LogP contribution in [0.5, 0.6) is 0 Å². The van der Waals surface area contributed by atoms with Gasteiger partial charge in [-0.3, -0.25) is 14.9 Å². The van der Waals surface area contributed by atoms with E-state index in [4.69, 9.17) is 0 Å².